The van der Waals surface area contributed by atoms with E-state index in [1.165, 1.54) is 25.2 Å². The lowest BCUT2D eigenvalue weighted by Crippen LogP contribution is -2.35. The van der Waals surface area contributed by atoms with Crippen LogP contribution in [-0.2, 0) is 0 Å². The Morgan fingerprint density at radius 3 is 2.72 bits per heavy atom. The molecule has 0 saturated carbocycles. The number of hydrogen-bond acceptors (Lipinski definition) is 4. The Kier molecular flexibility index (Phi) is 4.49. The maximum Gasteiger partial charge on any atom is 0.273 e. The molecule has 1 amide bonds. The molecule has 18 heavy (non-hydrogen) atoms. The van der Waals surface area contributed by atoms with Crippen LogP contribution in [0.15, 0.2) is 12.4 Å². The van der Waals surface area contributed by atoms with Gasteiger partial charge in [0.25, 0.3) is 5.91 Å². The number of likely N-dealkylation sites (tertiary alicyclic amines) is 1. The number of carbonyl (C=O) groups is 1. The predicted octanol–water partition coefficient (Wildman–Crippen LogP) is 1.30. The lowest BCUT2D eigenvalue weighted by atomic mass is 10.3. The third-order valence-electron chi connectivity index (χ3n) is 3.14. The van der Waals surface area contributed by atoms with E-state index in [0.29, 0.717) is 17.4 Å². The molecular formula is C12H17ClN4O. The summed E-state index contributed by atoms with van der Waals surface area (Å²) in [4.78, 5) is 23.9. The summed E-state index contributed by atoms with van der Waals surface area (Å²) in [5.74, 6) is -0.113. The SMILES string of the molecule is CN(CCN1CCCC1)C(=O)c1cnc(Cl)cn1. The van der Waals surface area contributed by atoms with Gasteiger partial charge >= 0.3 is 0 Å². The summed E-state index contributed by atoms with van der Waals surface area (Å²) in [6, 6.07) is 0. The molecule has 1 aliphatic heterocycles. The van der Waals surface area contributed by atoms with Crippen LogP contribution in [0.2, 0.25) is 5.15 Å². The van der Waals surface area contributed by atoms with Gasteiger partial charge in [0.15, 0.2) is 0 Å². The van der Waals surface area contributed by atoms with Gasteiger partial charge in [-0.25, -0.2) is 9.97 Å². The molecule has 1 saturated heterocycles. The Balaban J connectivity index is 1.85. The fourth-order valence-electron chi connectivity index (χ4n) is 2.02. The fraction of sp³-hybridized carbons (Fsp3) is 0.583. The average molecular weight is 269 g/mol. The Bertz CT molecular complexity index is 403. The smallest absolute Gasteiger partial charge is 0.273 e. The van der Waals surface area contributed by atoms with Gasteiger partial charge in [-0.3, -0.25) is 4.79 Å². The van der Waals surface area contributed by atoms with Crippen molar-refractivity contribution in [2.45, 2.75) is 12.8 Å². The second kappa shape index (κ2) is 6.11. The molecule has 0 aromatic carbocycles. The minimum atomic E-state index is -0.113. The van der Waals surface area contributed by atoms with Crippen molar-refractivity contribution in [1.29, 1.82) is 0 Å². The van der Waals surface area contributed by atoms with E-state index in [0.717, 1.165) is 19.6 Å². The number of nitrogens with zero attached hydrogens (tertiary/aromatic N) is 4. The molecule has 1 aliphatic rings. The topological polar surface area (TPSA) is 49.3 Å². The van der Waals surface area contributed by atoms with E-state index in [-0.39, 0.29) is 5.91 Å². The van der Waals surface area contributed by atoms with Crippen LogP contribution in [0.1, 0.15) is 23.3 Å². The van der Waals surface area contributed by atoms with Crippen molar-refractivity contribution in [1.82, 2.24) is 19.8 Å². The van der Waals surface area contributed by atoms with Crippen LogP contribution in [0.4, 0.5) is 0 Å². The number of aromatic nitrogens is 2. The van der Waals surface area contributed by atoms with Crippen LogP contribution in [0.25, 0.3) is 0 Å². The highest BCUT2D eigenvalue weighted by Gasteiger charge is 2.16. The van der Waals surface area contributed by atoms with Crippen LogP contribution in [0.5, 0.6) is 0 Å². The van der Waals surface area contributed by atoms with Crippen molar-refractivity contribution in [2.75, 3.05) is 33.2 Å². The molecular weight excluding hydrogens is 252 g/mol. The minimum Gasteiger partial charge on any atom is -0.339 e. The molecule has 5 nitrogen and oxygen atoms in total. The number of amides is 1. The first-order chi connectivity index (χ1) is 8.66. The highest BCUT2D eigenvalue weighted by atomic mass is 35.5. The molecule has 98 valence electrons. The van der Waals surface area contributed by atoms with E-state index in [4.69, 9.17) is 11.6 Å². The second-order valence-corrected chi connectivity index (χ2v) is 4.89. The van der Waals surface area contributed by atoms with Gasteiger partial charge in [0.1, 0.15) is 10.8 Å². The van der Waals surface area contributed by atoms with Crippen LogP contribution >= 0.6 is 11.6 Å². The maximum atomic E-state index is 12.0. The van der Waals surface area contributed by atoms with E-state index in [1.807, 2.05) is 0 Å². The van der Waals surface area contributed by atoms with Crippen molar-refractivity contribution in [2.24, 2.45) is 0 Å². The van der Waals surface area contributed by atoms with Crippen LogP contribution in [0, 0.1) is 0 Å². The van der Waals surface area contributed by atoms with Crippen molar-refractivity contribution >= 4 is 17.5 Å². The van der Waals surface area contributed by atoms with Gasteiger partial charge in [-0.2, -0.15) is 0 Å². The van der Waals surface area contributed by atoms with Crippen molar-refractivity contribution in [3.63, 3.8) is 0 Å². The van der Waals surface area contributed by atoms with E-state index >= 15 is 0 Å². The standard InChI is InChI=1S/C12H17ClN4O/c1-16(6-7-17-4-2-3-5-17)12(18)10-8-15-11(13)9-14-10/h8-9H,2-7H2,1H3. The lowest BCUT2D eigenvalue weighted by Gasteiger charge is -2.21. The van der Waals surface area contributed by atoms with Gasteiger partial charge in [-0.1, -0.05) is 11.6 Å². The largest absolute Gasteiger partial charge is 0.339 e. The van der Waals surface area contributed by atoms with Gasteiger partial charge in [-0.15, -0.1) is 0 Å². The summed E-state index contributed by atoms with van der Waals surface area (Å²) in [7, 11) is 1.79. The highest BCUT2D eigenvalue weighted by molar-refractivity contribution is 6.29. The molecule has 0 unspecified atom stereocenters. The van der Waals surface area contributed by atoms with E-state index < -0.39 is 0 Å². The van der Waals surface area contributed by atoms with E-state index in [2.05, 4.69) is 14.9 Å². The molecule has 0 radical (unpaired) electrons. The summed E-state index contributed by atoms with van der Waals surface area (Å²) in [6.45, 7) is 3.91. The van der Waals surface area contributed by atoms with Crippen molar-refractivity contribution in [3.8, 4) is 0 Å². The number of carbonyl (C=O) groups excluding carboxylic acids is 1. The molecule has 0 N–H and O–H groups in total. The maximum absolute atomic E-state index is 12.0. The number of likely N-dealkylation sites (N-methyl/N-ethyl adjacent to an activating group) is 1. The number of halogens is 1. The molecule has 0 spiro atoms. The molecule has 1 aromatic rings. The van der Waals surface area contributed by atoms with E-state index in [9.17, 15) is 4.79 Å². The molecule has 1 aromatic heterocycles. The van der Waals surface area contributed by atoms with Crippen LogP contribution in [0.3, 0.4) is 0 Å². The van der Waals surface area contributed by atoms with Crippen molar-refractivity contribution in [3.05, 3.63) is 23.2 Å². The first kappa shape index (κ1) is 13.2. The predicted molar refractivity (Wildman–Crippen MR) is 69.7 cm³/mol. The summed E-state index contributed by atoms with van der Waals surface area (Å²) < 4.78 is 0. The molecule has 0 aliphatic carbocycles. The quantitative estimate of drug-likeness (QED) is 0.826. The van der Waals surface area contributed by atoms with Gasteiger partial charge in [0.05, 0.1) is 12.4 Å². The molecule has 0 atom stereocenters. The van der Waals surface area contributed by atoms with Crippen molar-refractivity contribution < 1.29 is 4.79 Å². The summed E-state index contributed by atoms with van der Waals surface area (Å²) in [6.07, 6.45) is 5.33. The Morgan fingerprint density at radius 2 is 2.11 bits per heavy atom. The van der Waals surface area contributed by atoms with Gasteiger partial charge < -0.3 is 9.80 Å². The monoisotopic (exact) mass is 268 g/mol. The Morgan fingerprint density at radius 1 is 1.39 bits per heavy atom. The summed E-state index contributed by atoms with van der Waals surface area (Å²) >= 11 is 5.64. The zero-order chi connectivity index (χ0) is 13.0. The van der Waals surface area contributed by atoms with E-state index in [1.54, 1.807) is 11.9 Å². The zero-order valence-corrected chi connectivity index (χ0v) is 11.2. The van der Waals surface area contributed by atoms with Gasteiger partial charge in [0, 0.05) is 20.1 Å². The summed E-state index contributed by atoms with van der Waals surface area (Å²) in [5.41, 5.74) is 0.336. The molecule has 2 rings (SSSR count). The molecule has 6 heteroatoms. The van der Waals surface area contributed by atoms with Crippen LogP contribution < -0.4 is 0 Å². The number of rotatable bonds is 4. The van der Waals surface area contributed by atoms with Crippen LogP contribution in [-0.4, -0.2) is 58.9 Å². The first-order valence-electron chi connectivity index (χ1n) is 6.12. The van der Waals surface area contributed by atoms with Gasteiger partial charge in [-0.05, 0) is 25.9 Å². The molecule has 1 fully saturated rings. The van der Waals surface area contributed by atoms with Gasteiger partial charge in [0.2, 0.25) is 0 Å². The second-order valence-electron chi connectivity index (χ2n) is 4.50. The fourth-order valence-corrected chi connectivity index (χ4v) is 2.12. The zero-order valence-electron chi connectivity index (χ0n) is 10.5. The molecule has 0 bridgehead atoms. The third-order valence-corrected chi connectivity index (χ3v) is 3.33. The average Bonchev–Trinajstić information content (AvgIpc) is 2.89. The highest BCUT2D eigenvalue weighted by Crippen LogP contribution is 2.07. The third kappa shape index (κ3) is 3.40. The lowest BCUT2D eigenvalue weighted by molar-refractivity contribution is 0.0776. The Labute approximate surface area is 112 Å². The normalized spacial score (nSPS) is 15.9. The first-order valence-corrected chi connectivity index (χ1v) is 6.50. The number of hydrogen-bond donors (Lipinski definition) is 0. The minimum absolute atomic E-state index is 0.113. The molecule has 2 heterocycles. The Hall–Kier alpha value is -1.20. The summed E-state index contributed by atoms with van der Waals surface area (Å²) in [5, 5.41) is 0.297.